The summed E-state index contributed by atoms with van der Waals surface area (Å²) in [4.78, 5) is 4.88. The van der Waals surface area contributed by atoms with Crippen LogP contribution >= 0.6 is 0 Å². The van der Waals surface area contributed by atoms with Crippen molar-refractivity contribution in [1.82, 2.24) is 20.4 Å². The first kappa shape index (κ1) is 19.7. The molecule has 146 valence electrons. The van der Waals surface area contributed by atoms with Gasteiger partial charge in [0.25, 0.3) is 0 Å². The van der Waals surface area contributed by atoms with Gasteiger partial charge in [0.1, 0.15) is 0 Å². The zero-order valence-corrected chi connectivity index (χ0v) is 16.7. The Labute approximate surface area is 167 Å². The zero-order chi connectivity index (χ0) is 19.6. The van der Waals surface area contributed by atoms with Crippen LogP contribution in [0.25, 0.3) is 0 Å². The molecule has 2 N–H and O–H groups in total. The number of benzene rings is 2. The number of aryl methyl sites for hydroxylation is 1. The molecule has 1 heterocycles. The lowest BCUT2D eigenvalue weighted by molar-refractivity contribution is 0.761. The molecule has 0 saturated heterocycles. The van der Waals surface area contributed by atoms with E-state index in [0.29, 0.717) is 6.54 Å². The summed E-state index contributed by atoms with van der Waals surface area (Å²) in [5.74, 6) is 1.08. The smallest absolute Gasteiger partial charge is 0.191 e. The molecule has 1 aromatic heterocycles. The number of hydrogen-bond acceptors (Lipinski definition) is 2. The fourth-order valence-electron chi connectivity index (χ4n) is 3.22. The highest BCUT2D eigenvalue weighted by atomic mass is 15.2. The van der Waals surface area contributed by atoms with E-state index in [-0.39, 0.29) is 5.92 Å². The highest BCUT2D eigenvalue weighted by Crippen LogP contribution is 2.24. The van der Waals surface area contributed by atoms with Gasteiger partial charge in [-0.1, -0.05) is 60.7 Å². The van der Waals surface area contributed by atoms with Gasteiger partial charge < -0.3 is 10.6 Å². The molecule has 0 amide bonds. The monoisotopic (exact) mass is 375 g/mol. The molecule has 3 rings (SSSR count). The van der Waals surface area contributed by atoms with Crippen molar-refractivity contribution in [2.45, 2.75) is 19.3 Å². The van der Waals surface area contributed by atoms with Crippen LogP contribution < -0.4 is 10.6 Å². The van der Waals surface area contributed by atoms with E-state index in [4.69, 9.17) is 4.99 Å². The van der Waals surface area contributed by atoms with Crippen LogP contribution in [0.4, 0.5) is 0 Å². The Morgan fingerprint density at radius 2 is 1.64 bits per heavy atom. The average Bonchev–Trinajstić information content (AvgIpc) is 3.15. The average molecular weight is 376 g/mol. The second-order valence-corrected chi connectivity index (χ2v) is 6.79. The first-order chi connectivity index (χ1) is 13.8. The van der Waals surface area contributed by atoms with Gasteiger partial charge in [-0.3, -0.25) is 9.67 Å². The van der Waals surface area contributed by atoms with Gasteiger partial charge in [0.05, 0.1) is 12.7 Å². The van der Waals surface area contributed by atoms with Crippen LogP contribution in [-0.2, 0) is 13.5 Å². The maximum absolute atomic E-state index is 4.88. The Hall–Kier alpha value is -3.08. The summed E-state index contributed by atoms with van der Waals surface area (Å²) in [6, 6.07) is 21.2. The van der Waals surface area contributed by atoms with Gasteiger partial charge in [-0.2, -0.15) is 5.10 Å². The highest BCUT2D eigenvalue weighted by molar-refractivity contribution is 5.79. The SMILES string of the molecule is CCNC(=NCC(c1ccccc1)c1ccccc1)NCCc1cnn(C)c1. The van der Waals surface area contributed by atoms with Crippen LogP contribution in [0.15, 0.2) is 78.0 Å². The van der Waals surface area contributed by atoms with E-state index in [0.717, 1.165) is 25.5 Å². The Morgan fingerprint density at radius 1 is 1.00 bits per heavy atom. The topological polar surface area (TPSA) is 54.2 Å². The summed E-state index contributed by atoms with van der Waals surface area (Å²) in [5, 5.41) is 11.0. The van der Waals surface area contributed by atoms with Crippen LogP contribution in [0.3, 0.4) is 0 Å². The molecule has 3 aromatic rings. The molecule has 0 atom stereocenters. The van der Waals surface area contributed by atoms with Crippen molar-refractivity contribution >= 4 is 5.96 Å². The van der Waals surface area contributed by atoms with Crippen LogP contribution in [0, 0.1) is 0 Å². The standard InChI is InChI=1S/C23H29N5/c1-3-24-23(25-15-14-19-16-27-28(2)18-19)26-17-22(20-10-6-4-7-11-20)21-12-8-5-9-13-21/h4-13,16,18,22H,3,14-15,17H2,1-2H3,(H2,24,25,26). The molecule has 0 unspecified atom stereocenters. The van der Waals surface area contributed by atoms with E-state index >= 15 is 0 Å². The lowest BCUT2D eigenvalue weighted by Crippen LogP contribution is -2.38. The van der Waals surface area contributed by atoms with E-state index < -0.39 is 0 Å². The largest absolute Gasteiger partial charge is 0.357 e. The van der Waals surface area contributed by atoms with Gasteiger partial charge in [0.15, 0.2) is 5.96 Å². The Bertz CT molecular complexity index is 815. The molecular formula is C23H29N5. The second-order valence-electron chi connectivity index (χ2n) is 6.79. The molecule has 5 heteroatoms. The van der Waals surface area contributed by atoms with Crippen molar-refractivity contribution < 1.29 is 0 Å². The minimum absolute atomic E-state index is 0.233. The Balaban J connectivity index is 1.69. The summed E-state index contributed by atoms with van der Waals surface area (Å²) < 4.78 is 1.83. The van der Waals surface area contributed by atoms with E-state index in [9.17, 15) is 0 Å². The zero-order valence-electron chi connectivity index (χ0n) is 16.7. The first-order valence-corrected chi connectivity index (χ1v) is 9.86. The molecule has 5 nitrogen and oxygen atoms in total. The van der Waals surface area contributed by atoms with Crippen molar-refractivity contribution in [3.05, 3.63) is 89.7 Å². The van der Waals surface area contributed by atoms with Gasteiger partial charge in [-0.05, 0) is 30.0 Å². The summed E-state index contributed by atoms with van der Waals surface area (Å²) in [5.41, 5.74) is 3.78. The number of rotatable bonds is 8. The predicted molar refractivity (Wildman–Crippen MR) is 116 cm³/mol. The molecule has 0 saturated carbocycles. The molecule has 0 spiro atoms. The first-order valence-electron chi connectivity index (χ1n) is 9.86. The molecular weight excluding hydrogens is 346 g/mol. The summed E-state index contributed by atoms with van der Waals surface area (Å²) in [7, 11) is 1.94. The number of nitrogens with zero attached hydrogens (tertiary/aromatic N) is 3. The third-order valence-electron chi connectivity index (χ3n) is 4.64. The van der Waals surface area contributed by atoms with Gasteiger partial charge in [-0.15, -0.1) is 0 Å². The Morgan fingerprint density at radius 3 is 2.18 bits per heavy atom. The molecule has 0 radical (unpaired) electrons. The molecule has 0 bridgehead atoms. The number of guanidine groups is 1. The maximum Gasteiger partial charge on any atom is 0.191 e. The maximum atomic E-state index is 4.88. The lowest BCUT2D eigenvalue weighted by Gasteiger charge is -2.18. The van der Waals surface area contributed by atoms with E-state index in [2.05, 4.69) is 83.3 Å². The van der Waals surface area contributed by atoms with Crippen LogP contribution in [0.5, 0.6) is 0 Å². The van der Waals surface area contributed by atoms with Crippen molar-refractivity contribution in [2.75, 3.05) is 19.6 Å². The van der Waals surface area contributed by atoms with Crippen molar-refractivity contribution in [2.24, 2.45) is 12.0 Å². The normalized spacial score (nSPS) is 11.6. The minimum atomic E-state index is 0.233. The lowest BCUT2D eigenvalue weighted by atomic mass is 9.91. The number of aromatic nitrogens is 2. The molecule has 0 fully saturated rings. The van der Waals surface area contributed by atoms with Gasteiger partial charge in [0, 0.05) is 32.3 Å². The fourth-order valence-corrected chi connectivity index (χ4v) is 3.22. The van der Waals surface area contributed by atoms with E-state index in [1.165, 1.54) is 16.7 Å². The third-order valence-corrected chi connectivity index (χ3v) is 4.64. The summed E-state index contributed by atoms with van der Waals surface area (Å²) in [6.45, 7) is 4.43. The van der Waals surface area contributed by atoms with E-state index in [1.54, 1.807) is 0 Å². The van der Waals surface area contributed by atoms with Crippen molar-refractivity contribution in [1.29, 1.82) is 0 Å². The number of aliphatic imine (C=N–C) groups is 1. The highest BCUT2D eigenvalue weighted by Gasteiger charge is 2.13. The quantitative estimate of drug-likeness (QED) is 0.469. The minimum Gasteiger partial charge on any atom is -0.357 e. The van der Waals surface area contributed by atoms with Gasteiger partial charge in [0.2, 0.25) is 0 Å². The van der Waals surface area contributed by atoms with E-state index in [1.807, 2.05) is 24.1 Å². The molecule has 28 heavy (non-hydrogen) atoms. The van der Waals surface area contributed by atoms with Crippen LogP contribution in [-0.4, -0.2) is 35.4 Å². The Kier molecular flexibility index (Phi) is 7.24. The van der Waals surface area contributed by atoms with Crippen molar-refractivity contribution in [3.63, 3.8) is 0 Å². The van der Waals surface area contributed by atoms with Gasteiger partial charge in [-0.25, -0.2) is 0 Å². The molecule has 0 aliphatic heterocycles. The summed E-state index contributed by atoms with van der Waals surface area (Å²) in [6.07, 6.45) is 4.87. The summed E-state index contributed by atoms with van der Waals surface area (Å²) >= 11 is 0. The number of nitrogens with one attached hydrogen (secondary N) is 2. The van der Waals surface area contributed by atoms with Crippen LogP contribution in [0.1, 0.15) is 29.5 Å². The predicted octanol–water partition coefficient (Wildman–Crippen LogP) is 3.35. The molecule has 2 aromatic carbocycles. The number of hydrogen-bond donors (Lipinski definition) is 2. The second kappa shape index (κ2) is 10.3. The van der Waals surface area contributed by atoms with Gasteiger partial charge >= 0.3 is 0 Å². The third kappa shape index (κ3) is 5.71. The van der Waals surface area contributed by atoms with Crippen LogP contribution in [0.2, 0.25) is 0 Å². The van der Waals surface area contributed by atoms with Crippen molar-refractivity contribution in [3.8, 4) is 0 Å². The molecule has 0 aliphatic carbocycles. The molecule has 0 aliphatic rings. The fraction of sp³-hybridized carbons (Fsp3) is 0.304.